The number of carbonyl (C=O) groups is 1. The van der Waals surface area contributed by atoms with Gasteiger partial charge in [-0.05, 0) is 49.1 Å². The normalized spacial score (nSPS) is 10.6. The number of hydrogen-bond donors (Lipinski definition) is 2. The van der Waals surface area contributed by atoms with Gasteiger partial charge in [0.2, 0.25) is 0 Å². The number of aliphatic hydroxyl groups is 1. The SMILES string of the molecule is CCc1cc(C(=O)Nc2ccc(CCO)cc2)sc1C. The molecule has 3 nitrogen and oxygen atoms in total. The molecular formula is C16H19NO2S. The zero-order chi connectivity index (χ0) is 14.5. The van der Waals surface area contributed by atoms with Crippen molar-refractivity contribution in [1.29, 1.82) is 0 Å². The molecule has 0 saturated heterocycles. The number of amides is 1. The molecule has 0 unspecified atom stereocenters. The van der Waals surface area contributed by atoms with Gasteiger partial charge >= 0.3 is 0 Å². The van der Waals surface area contributed by atoms with E-state index in [9.17, 15) is 4.79 Å². The average Bonchev–Trinajstić information content (AvgIpc) is 2.82. The molecule has 0 spiro atoms. The van der Waals surface area contributed by atoms with Gasteiger partial charge in [0.25, 0.3) is 5.91 Å². The molecule has 2 aromatic rings. The van der Waals surface area contributed by atoms with Crippen molar-refractivity contribution in [2.24, 2.45) is 0 Å². The van der Waals surface area contributed by atoms with E-state index in [2.05, 4.69) is 12.2 Å². The topological polar surface area (TPSA) is 49.3 Å². The first-order valence-corrected chi connectivity index (χ1v) is 7.56. The molecule has 1 aromatic carbocycles. The number of thiophene rings is 1. The lowest BCUT2D eigenvalue weighted by atomic mass is 10.1. The van der Waals surface area contributed by atoms with E-state index in [0.717, 1.165) is 22.5 Å². The first-order valence-electron chi connectivity index (χ1n) is 6.74. The van der Waals surface area contributed by atoms with Gasteiger partial charge in [0.15, 0.2) is 0 Å². The molecule has 1 heterocycles. The van der Waals surface area contributed by atoms with Crippen LogP contribution in [0.1, 0.15) is 32.6 Å². The third kappa shape index (κ3) is 3.46. The van der Waals surface area contributed by atoms with Gasteiger partial charge in [0, 0.05) is 17.2 Å². The Morgan fingerprint density at radius 1 is 1.30 bits per heavy atom. The molecule has 4 heteroatoms. The number of hydrogen-bond acceptors (Lipinski definition) is 3. The Bertz CT molecular complexity index is 587. The zero-order valence-electron chi connectivity index (χ0n) is 11.8. The van der Waals surface area contributed by atoms with Crippen molar-refractivity contribution in [2.45, 2.75) is 26.7 Å². The maximum absolute atomic E-state index is 12.2. The molecule has 1 aromatic heterocycles. The van der Waals surface area contributed by atoms with Gasteiger partial charge in [-0.25, -0.2) is 0 Å². The monoisotopic (exact) mass is 289 g/mol. The van der Waals surface area contributed by atoms with E-state index in [1.807, 2.05) is 37.3 Å². The molecule has 2 rings (SSSR count). The highest BCUT2D eigenvalue weighted by atomic mass is 32.1. The lowest BCUT2D eigenvalue weighted by Crippen LogP contribution is -2.10. The Kier molecular flexibility index (Phi) is 4.93. The molecule has 0 saturated carbocycles. The summed E-state index contributed by atoms with van der Waals surface area (Å²) < 4.78 is 0. The van der Waals surface area contributed by atoms with Gasteiger partial charge < -0.3 is 10.4 Å². The van der Waals surface area contributed by atoms with E-state index in [4.69, 9.17) is 5.11 Å². The summed E-state index contributed by atoms with van der Waals surface area (Å²) in [6.45, 7) is 4.28. The second kappa shape index (κ2) is 6.68. The van der Waals surface area contributed by atoms with Crippen LogP contribution >= 0.6 is 11.3 Å². The van der Waals surface area contributed by atoms with E-state index >= 15 is 0 Å². The molecule has 1 amide bonds. The van der Waals surface area contributed by atoms with Crippen LogP contribution in [0, 0.1) is 6.92 Å². The number of aryl methyl sites for hydroxylation is 2. The zero-order valence-corrected chi connectivity index (χ0v) is 12.6. The summed E-state index contributed by atoms with van der Waals surface area (Å²) in [5, 5.41) is 11.8. The van der Waals surface area contributed by atoms with Crippen molar-refractivity contribution >= 4 is 22.9 Å². The molecule has 0 bridgehead atoms. The minimum Gasteiger partial charge on any atom is -0.396 e. The van der Waals surface area contributed by atoms with Gasteiger partial charge in [-0.2, -0.15) is 0 Å². The lowest BCUT2D eigenvalue weighted by Gasteiger charge is -2.04. The van der Waals surface area contributed by atoms with Crippen LogP contribution in [-0.4, -0.2) is 17.6 Å². The second-order valence-electron chi connectivity index (χ2n) is 4.67. The number of aliphatic hydroxyl groups excluding tert-OH is 1. The van der Waals surface area contributed by atoms with Crippen LogP contribution in [0.15, 0.2) is 30.3 Å². The van der Waals surface area contributed by atoms with Crippen LogP contribution < -0.4 is 5.32 Å². The summed E-state index contributed by atoms with van der Waals surface area (Å²) in [6.07, 6.45) is 1.59. The molecule has 0 aliphatic rings. The minimum absolute atomic E-state index is 0.0623. The fourth-order valence-corrected chi connectivity index (χ4v) is 3.07. The standard InChI is InChI=1S/C16H19NO2S/c1-3-13-10-15(20-11(13)2)16(19)17-14-6-4-12(5-7-14)8-9-18/h4-7,10,18H,3,8-9H2,1-2H3,(H,17,19). The summed E-state index contributed by atoms with van der Waals surface area (Å²) in [5.41, 5.74) is 3.07. The predicted octanol–water partition coefficient (Wildman–Crippen LogP) is 3.41. The molecule has 0 radical (unpaired) electrons. The first-order chi connectivity index (χ1) is 9.63. The van der Waals surface area contributed by atoms with Crippen molar-refractivity contribution in [3.05, 3.63) is 51.2 Å². The van der Waals surface area contributed by atoms with Gasteiger partial charge in [-0.15, -0.1) is 11.3 Å². The fourth-order valence-electron chi connectivity index (χ4n) is 2.06. The van der Waals surface area contributed by atoms with Crippen LogP contribution in [-0.2, 0) is 12.8 Å². The second-order valence-corrected chi connectivity index (χ2v) is 5.93. The molecule has 106 valence electrons. The highest BCUT2D eigenvalue weighted by Gasteiger charge is 2.11. The number of nitrogens with one attached hydrogen (secondary N) is 1. The van der Waals surface area contributed by atoms with Crippen LogP contribution in [0.5, 0.6) is 0 Å². The Hall–Kier alpha value is -1.65. The number of anilines is 1. The fraction of sp³-hybridized carbons (Fsp3) is 0.312. The molecular weight excluding hydrogens is 270 g/mol. The Morgan fingerprint density at radius 3 is 2.55 bits per heavy atom. The van der Waals surface area contributed by atoms with E-state index < -0.39 is 0 Å². The quantitative estimate of drug-likeness (QED) is 0.886. The van der Waals surface area contributed by atoms with E-state index in [1.165, 1.54) is 21.8 Å². The highest BCUT2D eigenvalue weighted by Crippen LogP contribution is 2.23. The van der Waals surface area contributed by atoms with Gasteiger partial charge in [0.1, 0.15) is 0 Å². The van der Waals surface area contributed by atoms with Gasteiger partial charge in [0.05, 0.1) is 4.88 Å². The third-order valence-corrected chi connectivity index (χ3v) is 4.33. The Labute approximate surface area is 123 Å². The van der Waals surface area contributed by atoms with Crippen LogP contribution in [0.25, 0.3) is 0 Å². The van der Waals surface area contributed by atoms with Crippen LogP contribution in [0.3, 0.4) is 0 Å². The molecule has 2 N–H and O–H groups in total. The number of rotatable bonds is 5. The molecule has 20 heavy (non-hydrogen) atoms. The smallest absolute Gasteiger partial charge is 0.265 e. The maximum Gasteiger partial charge on any atom is 0.265 e. The van der Waals surface area contributed by atoms with Crippen molar-refractivity contribution in [2.75, 3.05) is 11.9 Å². The highest BCUT2D eigenvalue weighted by molar-refractivity contribution is 7.14. The Morgan fingerprint density at radius 2 is 2.00 bits per heavy atom. The number of carbonyl (C=O) groups excluding carboxylic acids is 1. The first kappa shape index (κ1) is 14.8. The van der Waals surface area contributed by atoms with E-state index in [-0.39, 0.29) is 12.5 Å². The van der Waals surface area contributed by atoms with Gasteiger partial charge in [-0.1, -0.05) is 19.1 Å². The van der Waals surface area contributed by atoms with E-state index in [0.29, 0.717) is 6.42 Å². The third-order valence-electron chi connectivity index (χ3n) is 3.24. The predicted molar refractivity (Wildman–Crippen MR) is 83.6 cm³/mol. The summed E-state index contributed by atoms with van der Waals surface area (Å²) in [6, 6.07) is 9.54. The van der Waals surface area contributed by atoms with Crippen molar-refractivity contribution < 1.29 is 9.90 Å². The van der Waals surface area contributed by atoms with Crippen molar-refractivity contribution in [3.63, 3.8) is 0 Å². The lowest BCUT2D eigenvalue weighted by molar-refractivity contribution is 0.103. The summed E-state index contributed by atoms with van der Waals surface area (Å²) in [5.74, 6) is -0.0623. The van der Waals surface area contributed by atoms with Crippen molar-refractivity contribution in [3.8, 4) is 0 Å². The average molecular weight is 289 g/mol. The van der Waals surface area contributed by atoms with Crippen LogP contribution in [0.2, 0.25) is 0 Å². The summed E-state index contributed by atoms with van der Waals surface area (Å²) in [4.78, 5) is 14.1. The largest absolute Gasteiger partial charge is 0.396 e. The summed E-state index contributed by atoms with van der Waals surface area (Å²) in [7, 11) is 0. The van der Waals surface area contributed by atoms with Crippen molar-refractivity contribution in [1.82, 2.24) is 0 Å². The van der Waals surface area contributed by atoms with E-state index in [1.54, 1.807) is 0 Å². The minimum atomic E-state index is -0.0623. The molecule has 0 atom stereocenters. The molecule has 0 aliphatic carbocycles. The molecule has 0 aliphatic heterocycles. The van der Waals surface area contributed by atoms with Gasteiger partial charge in [-0.3, -0.25) is 4.79 Å². The summed E-state index contributed by atoms with van der Waals surface area (Å²) >= 11 is 1.53. The Balaban J connectivity index is 2.06. The number of benzene rings is 1. The molecule has 0 fully saturated rings. The maximum atomic E-state index is 12.2. The van der Waals surface area contributed by atoms with Crippen LogP contribution in [0.4, 0.5) is 5.69 Å².